The van der Waals surface area contributed by atoms with Crippen LogP contribution in [-0.4, -0.2) is 8.07 Å². The van der Waals surface area contributed by atoms with E-state index in [4.69, 9.17) is 9.60 Å². The first-order valence-electron chi connectivity index (χ1n) is 7.50. The van der Waals surface area contributed by atoms with E-state index in [1.54, 1.807) is 0 Å². The van der Waals surface area contributed by atoms with Crippen molar-refractivity contribution in [3.05, 3.63) is 35.8 Å². The number of benzene rings is 1. The van der Waals surface area contributed by atoms with E-state index in [9.17, 15) is 0 Å². The van der Waals surface area contributed by atoms with Gasteiger partial charge in [-0.05, 0) is 5.56 Å². The van der Waals surface area contributed by atoms with Gasteiger partial charge in [0.1, 0.15) is 8.07 Å². The van der Waals surface area contributed by atoms with Crippen molar-refractivity contribution in [2.45, 2.75) is 26.0 Å². The maximum Gasteiger partial charge on any atom is 0.129 e. The van der Waals surface area contributed by atoms with E-state index in [2.05, 4.69) is 11.5 Å². The molecular formula is C12H16Si. The first-order valence-corrected chi connectivity index (χ1v) is 7.50. The molecule has 0 aliphatic carbocycles. The molecule has 0 aliphatic rings. The second kappa shape index (κ2) is 4.29. The van der Waals surface area contributed by atoms with Crippen LogP contribution in [0, 0.1) is 11.5 Å². The molecular weight excluding hydrogens is 172 g/mol. The van der Waals surface area contributed by atoms with Crippen molar-refractivity contribution in [3.8, 4) is 11.5 Å². The third kappa shape index (κ3) is 4.54. The molecule has 0 amide bonds. The summed E-state index contributed by atoms with van der Waals surface area (Å²) in [4.78, 5) is 0. The van der Waals surface area contributed by atoms with Gasteiger partial charge in [0.2, 0.25) is 0 Å². The quantitative estimate of drug-likeness (QED) is 0.477. The summed E-state index contributed by atoms with van der Waals surface area (Å²) < 4.78 is 54.0. The van der Waals surface area contributed by atoms with Gasteiger partial charge in [0.15, 0.2) is 0 Å². The average Bonchev–Trinajstić information content (AvgIpc) is 2.31. The van der Waals surface area contributed by atoms with E-state index >= 15 is 0 Å². The minimum atomic E-state index is -2.27. The fourth-order valence-electron chi connectivity index (χ4n) is 0.594. The number of hydrogen-bond acceptors (Lipinski definition) is 0. The highest BCUT2D eigenvalue weighted by atomic mass is 28.3. The van der Waals surface area contributed by atoms with Gasteiger partial charge in [-0.2, -0.15) is 0 Å². The SMILES string of the molecule is [2H]c1c([2H])c([2H])c(C([2H])([2H])C#C[Si](C)(C)C)c([2H])c1[2H]. The van der Waals surface area contributed by atoms with E-state index in [0.29, 0.717) is 0 Å². The molecule has 0 spiro atoms. The van der Waals surface area contributed by atoms with Crippen molar-refractivity contribution in [1.82, 2.24) is 0 Å². The third-order valence-corrected chi connectivity index (χ3v) is 2.00. The van der Waals surface area contributed by atoms with Crippen LogP contribution in [0.5, 0.6) is 0 Å². The predicted octanol–water partition coefficient (Wildman–Crippen LogP) is 3.11. The first-order chi connectivity index (χ1) is 8.88. The summed E-state index contributed by atoms with van der Waals surface area (Å²) in [6.07, 6.45) is -2.27. The van der Waals surface area contributed by atoms with E-state index in [1.807, 2.05) is 19.6 Å². The van der Waals surface area contributed by atoms with Crippen LogP contribution in [0.25, 0.3) is 0 Å². The number of rotatable bonds is 1. The van der Waals surface area contributed by atoms with Crippen LogP contribution < -0.4 is 0 Å². The average molecular weight is 195 g/mol. The van der Waals surface area contributed by atoms with Gasteiger partial charge in [0.25, 0.3) is 0 Å². The lowest BCUT2D eigenvalue weighted by atomic mass is 10.2. The largest absolute Gasteiger partial charge is 0.132 e. The van der Waals surface area contributed by atoms with Gasteiger partial charge in [0, 0.05) is 9.11 Å². The van der Waals surface area contributed by atoms with Gasteiger partial charge in [0.05, 0.1) is 6.85 Å². The Labute approximate surface area is 91.8 Å². The Morgan fingerprint density at radius 3 is 2.46 bits per heavy atom. The first kappa shape index (κ1) is 4.02. The van der Waals surface area contributed by atoms with Crippen molar-refractivity contribution in [1.29, 1.82) is 0 Å². The molecule has 0 radical (unpaired) electrons. The molecule has 68 valence electrons. The second-order valence-electron chi connectivity index (χ2n) is 3.62. The van der Waals surface area contributed by atoms with Crippen LogP contribution in [0.1, 0.15) is 15.2 Å². The lowest BCUT2D eigenvalue weighted by molar-refractivity contribution is 1.32. The highest BCUT2D eigenvalue weighted by Gasteiger charge is 2.06. The molecule has 0 aliphatic heterocycles. The molecule has 0 atom stereocenters. The molecule has 1 heteroatoms. The molecule has 13 heavy (non-hydrogen) atoms. The minimum absolute atomic E-state index is 0.394. The van der Waals surface area contributed by atoms with Crippen LogP contribution in [0.2, 0.25) is 19.6 Å². The smallest absolute Gasteiger partial charge is 0.129 e. The van der Waals surface area contributed by atoms with Gasteiger partial charge < -0.3 is 0 Å². The van der Waals surface area contributed by atoms with Crippen molar-refractivity contribution < 1.29 is 9.60 Å². The Kier molecular flexibility index (Phi) is 1.33. The van der Waals surface area contributed by atoms with Crippen molar-refractivity contribution in [3.63, 3.8) is 0 Å². The fraction of sp³-hybridized carbons (Fsp3) is 0.333. The van der Waals surface area contributed by atoms with E-state index in [1.165, 1.54) is 0 Å². The standard InChI is InChI=1S/C12H16Si/c1-13(2,3)11-7-10-12-8-5-4-6-9-12/h4-6,8-9H,10H2,1-3H3/i4D,5D,6D,8D,9D,10D2. The lowest BCUT2D eigenvalue weighted by Gasteiger charge is -2.03. The Bertz CT molecular complexity index is 576. The maximum atomic E-state index is 7.94. The zero-order chi connectivity index (χ0) is 15.9. The Balaban J connectivity index is 3.58. The summed E-state index contributed by atoms with van der Waals surface area (Å²) in [6.45, 7) is 5.83. The van der Waals surface area contributed by atoms with Crippen molar-refractivity contribution >= 4 is 8.07 Å². The maximum absolute atomic E-state index is 7.94. The second-order valence-corrected chi connectivity index (χ2v) is 8.38. The molecule has 1 rings (SSSR count). The fourth-order valence-corrected chi connectivity index (χ4v) is 1.03. The van der Waals surface area contributed by atoms with Crippen LogP contribution in [0.15, 0.2) is 30.2 Å². The van der Waals surface area contributed by atoms with E-state index in [-0.39, 0.29) is 0 Å². The number of hydrogen-bond donors (Lipinski definition) is 0. The summed E-state index contributed by atoms with van der Waals surface area (Å²) in [7, 11) is -1.83. The van der Waals surface area contributed by atoms with Gasteiger partial charge in [-0.15, -0.1) is 11.5 Å². The van der Waals surface area contributed by atoms with Gasteiger partial charge >= 0.3 is 0 Å². The summed E-state index contributed by atoms with van der Waals surface area (Å²) in [5, 5.41) is 0. The van der Waals surface area contributed by atoms with E-state index < -0.39 is 50.2 Å². The van der Waals surface area contributed by atoms with Gasteiger partial charge in [-0.1, -0.05) is 49.9 Å². The molecule has 0 saturated heterocycles. The molecule has 0 heterocycles. The van der Waals surface area contributed by atoms with Crippen LogP contribution in [0.4, 0.5) is 0 Å². The van der Waals surface area contributed by atoms with Crippen molar-refractivity contribution in [2.75, 3.05) is 0 Å². The van der Waals surface area contributed by atoms with Gasteiger partial charge in [-0.3, -0.25) is 0 Å². The van der Waals surface area contributed by atoms with Crippen LogP contribution in [0.3, 0.4) is 0 Å². The topological polar surface area (TPSA) is 0 Å². The highest BCUT2D eigenvalue weighted by Crippen LogP contribution is 2.00. The summed E-state index contributed by atoms with van der Waals surface area (Å²) in [5.41, 5.74) is 2.45. The molecule has 0 N–H and O–H groups in total. The molecule has 1 aromatic carbocycles. The third-order valence-electron chi connectivity index (χ3n) is 1.12. The molecule has 0 fully saturated rings. The zero-order valence-corrected chi connectivity index (χ0v) is 9.00. The molecule has 0 aromatic heterocycles. The minimum Gasteiger partial charge on any atom is -0.132 e. The molecule has 0 unspecified atom stereocenters. The predicted molar refractivity (Wildman–Crippen MR) is 61.3 cm³/mol. The Morgan fingerprint density at radius 2 is 1.92 bits per heavy atom. The van der Waals surface area contributed by atoms with Crippen LogP contribution >= 0.6 is 0 Å². The molecule has 0 saturated carbocycles. The highest BCUT2D eigenvalue weighted by molar-refractivity contribution is 6.83. The summed E-state index contributed by atoms with van der Waals surface area (Å²) in [5.74, 6) is 2.45. The van der Waals surface area contributed by atoms with Crippen LogP contribution in [-0.2, 0) is 6.37 Å². The molecule has 0 nitrogen and oxygen atoms in total. The van der Waals surface area contributed by atoms with E-state index in [0.717, 1.165) is 0 Å². The van der Waals surface area contributed by atoms with Crippen molar-refractivity contribution in [2.24, 2.45) is 0 Å². The van der Waals surface area contributed by atoms with Gasteiger partial charge in [-0.25, -0.2) is 0 Å². The normalized spacial score (nSPS) is 19.2. The zero-order valence-electron chi connectivity index (χ0n) is 15.0. The Morgan fingerprint density at radius 1 is 1.31 bits per heavy atom. The molecule has 1 aromatic rings. The molecule has 0 bridgehead atoms. The monoisotopic (exact) mass is 195 g/mol. The Hall–Kier alpha value is -1.00. The lowest BCUT2D eigenvalue weighted by Crippen LogP contribution is -2.16. The summed E-state index contributed by atoms with van der Waals surface area (Å²) >= 11 is 0. The summed E-state index contributed by atoms with van der Waals surface area (Å²) in [6, 6.07) is -2.69.